The lowest BCUT2D eigenvalue weighted by Crippen LogP contribution is -2.41. The van der Waals surface area contributed by atoms with E-state index >= 15 is 0 Å². The van der Waals surface area contributed by atoms with Crippen molar-refractivity contribution in [1.82, 2.24) is 9.47 Å². The maximum Gasteiger partial charge on any atom is 0.254 e. The summed E-state index contributed by atoms with van der Waals surface area (Å²) in [5, 5.41) is 0.770. The van der Waals surface area contributed by atoms with Crippen LogP contribution in [0.2, 0.25) is 5.02 Å². The van der Waals surface area contributed by atoms with Gasteiger partial charge in [-0.1, -0.05) is 71.1 Å². The lowest BCUT2D eigenvalue weighted by Gasteiger charge is -2.35. The second-order valence-corrected chi connectivity index (χ2v) is 9.28. The summed E-state index contributed by atoms with van der Waals surface area (Å²) in [7, 11) is 0. The van der Waals surface area contributed by atoms with E-state index in [0.29, 0.717) is 13.1 Å². The first kappa shape index (κ1) is 21.2. The van der Waals surface area contributed by atoms with Crippen LogP contribution in [0.1, 0.15) is 53.7 Å². The number of hydrogen-bond donors (Lipinski definition) is 0. The van der Waals surface area contributed by atoms with Crippen LogP contribution in [0.25, 0.3) is 0 Å². The molecule has 0 unspecified atom stereocenters. The van der Waals surface area contributed by atoms with Crippen LogP contribution in [0, 0.1) is 0 Å². The second kappa shape index (κ2) is 9.84. The Balaban J connectivity index is 1.60. The average Bonchev–Trinajstić information content (AvgIpc) is 3.20. The molecule has 0 spiro atoms. The van der Waals surface area contributed by atoms with Crippen molar-refractivity contribution in [2.75, 3.05) is 0 Å². The molecule has 1 amide bonds. The fourth-order valence-electron chi connectivity index (χ4n) is 4.28. The normalized spacial score (nSPS) is 14.6. The van der Waals surface area contributed by atoms with Crippen LogP contribution in [0.3, 0.4) is 0 Å². The lowest BCUT2D eigenvalue weighted by atomic mass is 9.93. The van der Waals surface area contributed by atoms with Gasteiger partial charge in [0.1, 0.15) is 0 Å². The summed E-state index contributed by atoms with van der Waals surface area (Å²) in [6.45, 7) is 1.30. The molecular formula is C25H26BrClN2O. The Morgan fingerprint density at radius 2 is 1.83 bits per heavy atom. The zero-order chi connectivity index (χ0) is 20.9. The number of carbonyl (C=O) groups is 1. The van der Waals surface area contributed by atoms with Crippen molar-refractivity contribution in [3.63, 3.8) is 0 Å². The first-order valence-corrected chi connectivity index (χ1v) is 11.7. The smallest absolute Gasteiger partial charge is 0.254 e. The van der Waals surface area contributed by atoms with Crippen LogP contribution in [0.4, 0.5) is 0 Å². The Labute approximate surface area is 191 Å². The Kier molecular flexibility index (Phi) is 6.96. The zero-order valence-corrected chi connectivity index (χ0v) is 19.3. The first-order valence-electron chi connectivity index (χ1n) is 10.6. The van der Waals surface area contributed by atoms with E-state index in [2.05, 4.69) is 49.8 Å². The maximum absolute atomic E-state index is 13.5. The Morgan fingerprint density at radius 3 is 2.60 bits per heavy atom. The third-order valence-electron chi connectivity index (χ3n) is 5.90. The van der Waals surface area contributed by atoms with Crippen molar-refractivity contribution in [3.8, 4) is 0 Å². The van der Waals surface area contributed by atoms with Gasteiger partial charge >= 0.3 is 0 Å². The van der Waals surface area contributed by atoms with Gasteiger partial charge in [0.25, 0.3) is 5.91 Å². The molecule has 5 heteroatoms. The molecule has 0 aliphatic heterocycles. The number of rotatable bonds is 6. The third kappa shape index (κ3) is 4.98. The first-order chi connectivity index (χ1) is 14.6. The predicted octanol–water partition coefficient (Wildman–Crippen LogP) is 6.93. The van der Waals surface area contributed by atoms with E-state index in [1.165, 1.54) is 19.3 Å². The lowest BCUT2D eigenvalue weighted by molar-refractivity contribution is 0.0608. The number of amides is 1. The van der Waals surface area contributed by atoms with Gasteiger partial charge in [0.05, 0.1) is 6.54 Å². The van der Waals surface area contributed by atoms with E-state index in [0.717, 1.165) is 39.2 Å². The minimum Gasteiger partial charge on any atom is -0.345 e. The van der Waals surface area contributed by atoms with Gasteiger partial charge in [-0.05, 0) is 54.8 Å². The van der Waals surface area contributed by atoms with Crippen molar-refractivity contribution < 1.29 is 4.79 Å². The molecular weight excluding hydrogens is 460 g/mol. The molecule has 1 fully saturated rings. The Hall–Kier alpha value is -2.04. The van der Waals surface area contributed by atoms with Gasteiger partial charge in [-0.3, -0.25) is 4.79 Å². The molecule has 0 N–H and O–H groups in total. The highest BCUT2D eigenvalue weighted by Gasteiger charge is 2.27. The molecule has 2 aromatic carbocycles. The summed E-state index contributed by atoms with van der Waals surface area (Å²) >= 11 is 9.89. The van der Waals surface area contributed by atoms with Crippen LogP contribution in [-0.4, -0.2) is 21.4 Å². The summed E-state index contributed by atoms with van der Waals surface area (Å²) in [5.41, 5.74) is 2.95. The largest absolute Gasteiger partial charge is 0.345 e. The SMILES string of the molecule is O=C(c1cccc(Br)c1)N(Cc1cccn1Cc1ccccc1Cl)C1CCCCC1. The molecule has 3 aromatic rings. The topological polar surface area (TPSA) is 25.2 Å². The van der Waals surface area contributed by atoms with Crippen molar-refractivity contribution in [3.05, 3.63) is 93.2 Å². The van der Waals surface area contributed by atoms with Crippen molar-refractivity contribution in [2.45, 2.75) is 51.2 Å². The minimum atomic E-state index is 0.105. The number of benzene rings is 2. The van der Waals surface area contributed by atoms with Crippen molar-refractivity contribution >= 4 is 33.4 Å². The third-order valence-corrected chi connectivity index (χ3v) is 6.76. The van der Waals surface area contributed by atoms with Gasteiger partial charge in [-0.2, -0.15) is 0 Å². The van der Waals surface area contributed by atoms with E-state index in [4.69, 9.17) is 11.6 Å². The fourth-order valence-corrected chi connectivity index (χ4v) is 4.87. The van der Waals surface area contributed by atoms with E-state index < -0.39 is 0 Å². The number of nitrogens with zero attached hydrogens (tertiary/aromatic N) is 2. The molecule has 0 radical (unpaired) electrons. The monoisotopic (exact) mass is 484 g/mol. The molecule has 0 bridgehead atoms. The zero-order valence-electron chi connectivity index (χ0n) is 16.9. The van der Waals surface area contributed by atoms with Gasteiger partial charge in [0.15, 0.2) is 0 Å². The highest BCUT2D eigenvalue weighted by atomic mass is 79.9. The van der Waals surface area contributed by atoms with E-state index in [-0.39, 0.29) is 11.9 Å². The standard InChI is InChI=1S/C25H26BrClN2O/c26-21-10-6-9-19(16-21)25(30)29(22-11-2-1-3-12-22)18-23-13-7-15-28(23)17-20-8-4-5-14-24(20)27/h4-10,13-16,22H,1-3,11-12,17-18H2. The molecule has 0 saturated heterocycles. The van der Waals surface area contributed by atoms with Crippen molar-refractivity contribution in [2.24, 2.45) is 0 Å². The molecule has 4 rings (SSSR count). The molecule has 0 atom stereocenters. The summed E-state index contributed by atoms with van der Waals surface area (Å²) in [6, 6.07) is 20.1. The van der Waals surface area contributed by atoms with E-state index in [9.17, 15) is 4.79 Å². The van der Waals surface area contributed by atoms with Crippen LogP contribution in [0.15, 0.2) is 71.3 Å². The quantitative estimate of drug-likeness (QED) is 0.372. The maximum atomic E-state index is 13.5. The molecule has 3 nitrogen and oxygen atoms in total. The Bertz CT molecular complexity index is 1010. The predicted molar refractivity (Wildman–Crippen MR) is 126 cm³/mol. The van der Waals surface area contributed by atoms with Crippen LogP contribution >= 0.6 is 27.5 Å². The average molecular weight is 486 g/mol. The molecule has 156 valence electrons. The molecule has 1 saturated carbocycles. The molecule has 1 aromatic heterocycles. The van der Waals surface area contributed by atoms with Crippen LogP contribution in [-0.2, 0) is 13.1 Å². The highest BCUT2D eigenvalue weighted by Crippen LogP contribution is 2.27. The van der Waals surface area contributed by atoms with Crippen molar-refractivity contribution in [1.29, 1.82) is 0 Å². The number of hydrogen-bond acceptors (Lipinski definition) is 1. The van der Waals surface area contributed by atoms with Gasteiger partial charge < -0.3 is 9.47 Å². The second-order valence-electron chi connectivity index (χ2n) is 7.95. The summed E-state index contributed by atoms with van der Waals surface area (Å²) in [6.07, 6.45) is 7.86. The molecule has 1 aliphatic carbocycles. The summed E-state index contributed by atoms with van der Waals surface area (Å²) in [4.78, 5) is 15.6. The molecule has 30 heavy (non-hydrogen) atoms. The number of aromatic nitrogens is 1. The summed E-state index contributed by atoms with van der Waals surface area (Å²) < 4.78 is 3.13. The van der Waals surface area contributed by atoms with Gasteiger partial charge in [0.2, 0.25) is 0 Å². The van der Waals surface area contributed by atoms with Gasteiger partial charge in [-0.25, -0.2) is 0 Å². The summed E-state index contributed by atoms with van der Waals surface area (Å²) in [5.74, 6) is 0.105. The molecule has 1 heterocycles. The highest BCUT2D eigenvalue weighted by molar-refractivity contribution is 9.10. The minimum absolute atomic E-state index is 0.105. The van der Waals surface area contributed by atoms with Crippen LogP contribution in [0.5, 0.6) is 0 Å². The molecule has 1 aliphatic rings. The van der Waals surface area contributed by atoms with Gasteiger partial charge in [-0.15, -0.1) is 0 Å². The van der Waals surface area contributed by atoms with E-state index in [1.807, 2.05) is 42.5 Å². The van der Waals surface area contributed by atoms with E-state index in [1.54, 1.807) is 0 Å². The fraction of sp³-hybridized carbons (Fsp3) is 0.320. The Morgan fingerprint density at radius 1 is 1.03 bits per heavy atom. The number of halogens is 2. The van der Waals surface area contributed by atoms with Gasteiger partial charge in [0, 0.05) is 39.5 Å². The number of carbonyl (C=O) groups excluding carboxylic acids is 1. The van der Waals surface area contributed by atoms with Crippen LogP contribution < -0.4 is 0 Å².